The summed E-state index contributed by atoms with van der Waals surface area (Å²) >= 11 is 0. The Morgan fingerprint density at radius 1 is 1.12 bits per heavy atom. The largest absolute Gasteiger partial charge is 0.461 e. The standard InChI is InChI=1S/C22H22N2O/c1-16-8-10-24(15-16)11-9-21-13-20-12-19(6-7-22(20)25-21)18-4-2-17(14-23)3-5-18/h2-7,12-13,16H,8-11,15H2,1H3/t16-/m1/s1. The predicted molar refractivity (Wildman–Crippen MR) is 100 cm³/mol. The van der Waals surface area contributed by atoms with E-state index in [-0.39, 0.29) is 0 Å². The number of benzene rings is 2. The van der Waals surface area contributed by atoms with Crippen molar-refractivity contribution in [3.8, 4) is 17.2 Å². The van der Waals surface area contributed by atoms with Crippen molar-refractivity contribution < 1.29 is 4.42 Å². The van der Waals surface area contributed by atoms with Crippen LogP contribution in [0.5, 0.6) is 0 Å². The molecule has 25 heavy (non-hydrogen) atoms. The Balaban J connectivity index is 1.51. The van der Waals surface area contributed by atoms with Crippen molar-refractivity contribution >= 4 is 11.0 Å². The first kappa shape index (κ1) is 15.9. The van der Waals surface area contributed by atoms with Crippen LogP contribution in [0.15, 0.2) is 52.9 Å². The third-order valence-corrected chi connectivity index (χ3v) is 5.10. The zero-order chi connectivity index (χ0) is 17.2. The van der Waals surface area contributed by atoms with Gasteiger partial charge in [0.2, 0.25) is 0 Å². The van der Waals surface area contributed by atoms with E-state index in [1.54, 1.807) is 0 Å². The zero-order valence-corrected chi connectivity index (χ0v) is 14.5. The molecule has 0 bridgehead atoms. The van der Waals surface area contributed by atoms with E-state index >= 15 is 0 Å². The van der Waals surface area contributed by atoms with Gasteiger partial charge in [0.15, 0.2) is 0 Å². The molecular formula is C22H22N2O. The summed E-state index contributed by atoms with van der Waals surface area (Å²) in [5, 5.41) is 10.1. The maximum absolute atomic E-state index is 8.92. The van der Waals surface area contributed by atoms with Crippen LogP contribution in [0, 0.1) is 17.2 Å². The first-order valence-corrected chi connectivity index (χ1v) is 8.96. The summed E-state index contributed by atoms with van der Waals surface area (Å²) in [6, 6.07) is 18.3. The van der Waals surface area contributed by atoms with E-state index in [0.29, 0.717) is 5.56 Å². The molecule has 4 rings (SSSR count). The molecule has 0 unspecified atom stereocenters. The van der Waals surface area contributed by atoms with Crippen LogP contribution < -0.4 is 0 Å². The smallest absolute Gasteiger partial charge is 0.134 e. The Bertz CT molecular complexity index is 917. The van der Waals surface area contributed by atoms with Crippen LogP contribution in [0.1, 0.15) is 24.7 Å². The molecule has 3 nitrogen and oxygen atoms in total. The number of rotatable bonds is 4. The fourth-order valence-corrected chi connectivity index (χ4v) is 3.64. The molecule has 2 heterocycles. The van der Waals surface area contributed by atoms with Gasteiger partial charge in [-0.3, -0.25) is 0 Å². The second-order valence-corrected chi connectivity index (χ2v) is 7.10. The van der Waals surface area contributed by atoms with Crippen molar-refractivity contribution in [2.75, 3.05) is 19.6 Å². The SMILES string of the molecule is C[C@@H]1CCN(CCc2cc3cc(-c4ccc(C#N)cc4)ccc3o2)C1. The minimum absolute atomic E-state index is 0.687. The highest BCUT2D eigenvalue weighted by Gasteiger charge is 2.18. The molecule has 0 spiro atoms. The lowest BCUT2D eigenvalue weighted by atomic mass is 10.0. The van der Waals surface area contributed by atoms with Crippen molar-refractivity contribution in [3.05, 3.63) is 59.9 Å². The second-order valence-electron chi connectivity index (χ2n) is 7.10. The van der Waals surface area contributed by atoms with Crippen LogP contribution in [0.3, 0.4) is 0 Å². The van der Waals surface area contributed by atoms with Gasteiger partial charge in [-0.2, -0.15) is 5.26 Å². The van der Waals surface area contributed by atoms with Crippen molar-refractivity contribution in [2.24, 2.45) is 5.92 Å². The lowest BCUT2D eigenvalue weighted by molar-refractivity contribution is 0.323. The Labute approximate surface area is 148 Å². The van der Waals surface area contributed by atoms with E-state index in [0.717, 1.165) is 46.7 Å². The molecule has 1 aliphatic rings. The number of hydrogen-bond donors (Lipinski definition) is 0. The van der Waals surface area contributed by atoms with Crippen molar-refractivity contribution in [1.29, 1.82) is 5.26 Å². The molecule has 0 aliphatic carbocycles. The average molecular weight is 330 g/mol. The Kier molecular flexibility index (Phi) is 4.29. The summed E-state index contributed by atoms with van der Waals surface area (Å²) < 4.78 is 6.01. The third-order valence-electron chi connectivity index (χ3n) is 5.10. The van der Waals surface area contributed by atoms with E-state index in [1.807, 2.05) is 30.3 Å². The summed E-state index contributed by atoms with van der Waals surface area (Å²) in [6.45, 7) is 5.83. The van der Waals surface area contributed by atoms with Gasteiger partial charge in [-0.1, -0.05) is 25.1 Å². The summed E-state index contributed by atoms with van der Waals surface area (Å²) in [5.74, 6) is 1.89. The fraction of sp³-hybridized carbons (Fsp3) is 0.318. The van der Waals surface area contributed by atoms with Gasteiger partial charge in [-0.15, -0.1) is 0 Å². The Morgan fingerprint density at radius 2 is 1.92 bits per heavy atom. The number of hydrogen-bond acceptors (Lipinski definition) is 3. The zero-order valence-electron chi connectivity index (χ0n) is 14.5. The number of fused-ring (bicyclic) bond motifs is 1. The van der Waals surface area contributed by atoms with Crippen molar-refractivity contribution in [2.45, 2.75) is 19.8 Å². The Morgan fingerprint density at radius 3 is 2.64 bits per heavy atom. The quantitative estimate of drug-likeness (QED) is 0.686. The molecular weight excluding hydrogens is 308 g/mol. The molecule has 0 N–H and O–H groups in total. The predicted octanol–water partition coefficient (Wildman–Crippen LogP) is 4.86. The summed E-state index contributed by atoms with van der Waals surface area (Å²) in [6.07, 6.45) is 2.28. The van der Waals surface area contributed by atoms with Gasteiger partial charge in [-0.05, 0) is 60.3 Å². The van der Waals surface area contributed by atoms with Crippen LogP contribution in [0.2, 0.25) is 0 Å². The molecule has 2 aromatic carbocycles. The first-order valence-electron chi connectivity index (χ1n) is 8.96. The highest BCUT2D eigenvalue weighted by Crippen LogP contribution is 2.27. The van der Waals surface area contributed by atoms with Crippen molar-refractivity contribution in [1.82, 2.24) is 4.90 Å². The molecule has 0 radical (unpaired) electrons. The maximum atomic E-state index is 8.92. The maximum Gasteiger partial charge on any atom is 0.134 e. The second kappa shape index (κ2) is 6.74. The fourth-order valence-electron chi connectivity index (χ4n) is 3.64. The Hall–Kier alpha value is -2.57. The summed E-state index contributed by atoms with van der Waals surface area (Å²) in [5.41, 5.74) is 3.90. The van der Waals surface area contributed by atoms with E-state index in [1.165, 1.54) is 19.5 Å². The van der Waals surface area contributed by atoms with Gasteiger partial charge < -0.3 is 9.32 Å². The molecule has 0 amide bonds. The number of likely N-dealkylation sites (tertiary alicyclic amines) is 1. The minimum atomic E-state index is 0.687. The van der Waals surface area contributed by atoms with E-state index < -0.39 is 0 Å². The first-order chi connectivity index (χ1) is 12.2. The lowest BCUT2D eigenvalue weighted by Crippen LogP contribution is -2.22. The van der Waals surface area contributed by atoms with Crippen molar-refractivity contribution in [3.63, 3.8) is 0 Å². The van der Waals surface area contributed by atoms with Gasteiger partial charge >= 0.3 is 0 Å². The molecule has 1 aliphatic heterocycles. The third kappa shape index (κ3) is 3.45. The highest BCUT2D eigenvalue weighted by molar-refractivity contribution is 5.84. The normalized spacial score (nSPS) is 17.8. The van der Waals surface area contributed by atoms with Crippen LogP contribution in [0.4, 0.5) is 0 Å². The lowest BCUT2D eigenvalue weighted by Gasteiger charge is -2.13. The molecule has 1 saturated heterocycles. The average Bonchev–Trinajstić information content (AvgIpc) is 3.24. The van der Waals surface area contributed by atoms with E-state index in [9.17, 15) is 0 Å². The number of nitrogens with zero attached hydrogens (tertiary/aromatic N) is 2. The molecule has 1 aromatic heterocycles. The van der Waals surface area contributed by atoms with Crippen LogP contribution in [-0.2, 0) is 6.42 Å². The van der Waals surface area contributed by atoms with Gasteiger partial charge in [-0.25, -0.2) is 0 Å². The molecule has 1 atom stereocenters. The van der Waals surface area contributed by atoms with E-state index in [4.69, 9.17) is 9.68 Å². The number of furan rings is 1. The van der Waals surface area contributed by atoms with Gasteiger partial charge in [0, 0.05) is 24.9 Å². The molecule has 1 fully saturated rings. The molecule has 3 aromatic rings. The molecule has 126 valence electrons. The monoisotopic (exact) mass is 330 g/mol. The van der Waals surface area contributed by atoms with Crippen LogP contribution >= 0.6 is 0 Å². The van der Waals surface area contributed by atoms with Crippen LogP contribution in [-0.4, -0.2) is 24.5 Å². The number of nitriles is 1. The highest BCUT2D eigenvalue weighted by atomic mass is 16.3. The van der Waals surface area contributed by atoms with Gasteiger partial charge in [0.05, 0.1) is 11.6 Å². The van der Waals surface area contributed by atoms with Gasteiger partial charge in [0.25, 0.3) is 0 Å². The molecule has 3 heteroatoms. The van der Waals surface area contributed by atoms with E-state index in [2.05, 4.69) is 36.1 Å². The summed E-state index contributed by atoms with van der Waals surface area (Å²) in [4.78, 5) is 2.53. The molecule has 0 saturated carbocycles. The van der Waals surface area contributed by atoms with Gasteiger partial charge in [0.1, 0.15) is 11.3 Å². The summed E-state index contributed by atoms with van der Waals surface area (Å²) in [7, 11) is 0. The minimum Gasteiger partial charge on any atom is -0.461 e. The van der Waals surface area contributed by atoms with Crippen LogP contribution in [0.25, 0.3) is 22.1 Å². The topological polar surface area (TPSA) is 40.2 Å².